The largest absolute Gasteiger partial charge is 0.360 e. The van der Waals surface area contributed by atoms with E-state index in [1.165, 1.54) is 40.8 Å². The number of non-ortho nitro benzene ring substituents is 1. The van der Waals surface area contributed by atoms with Crippen LogP contribution in [0.4, 0.5) is 11.4 Å². The molecule has 2 heterocycles. The van der Waals surface area contributed by atoms with Gasteiger partial charge in [-0.2, -0.15) is 4.31 Å². The number of anilines is 1. The summed E-state index contributed by atoms with van der Waals surface area (Å²) in [5.74, 6) is -0.491. The lowest BCUT2D eigenvalue weighted by atomic mass is 10.1. The molecule has 0 saturated carbocycles. The van der Waals surface area contributed by atoms with E-state index in [1.807, 2.05) is 0 Å². The van der Waals surface area contributed by atoms with Gasteiger partial charge in [-0.1, -0.05) is 12.5 Å². The average Bonchev–Trinajstić information content (AvgIpc) is 3.18. The third-order valence-electron chi connectivity index (χ3n) is 5.17. The van der Waals surface area contributed by atoms with E-state index in [2.05, 4.69) is 10.3 Å². The lowest BCUT2D eigenvalue weighted by Gasteiger charge is -2.26. The second kappa shape index (κ2) is 7.88. The zero-order valence-electron chi connectivity index (χ0n) is 16.0. The Labute approximate surface area is 172 Å². The number of piperidine rings is 1. The van der Waals surface area contributed by atoms with Gasteiger partial charge in [-0.3, -0.25) is 14.9 Å². The summed E-state index contributed by atoms with van der Waals surface area (Å²) < 4.78 is 27.2. The van der Waals surface area contributed by atoms with Gasteiger partial charge in [0.2, 0.25) is 10.0 Å². The smallest absolute Gasteiger partial charge is 0.270 e. The van der Waals surface area contributed by atoms with E-state index in [-0.39, 0.29) is 16.1 Å². The highest BCUT2D eigenvalue weighted by Crippen LogP contribution is 2.26. The quantitative estimate of drug-likeness (QED) is 0.475. The monoisotopic (exact) mass is 428 g/mol. The molecule has 4 rings (SSSR count). The van der Waals surface area contributed by atoms with Gasteiger partial charge in [0, 0.05) is 48.0 Å². The number of rotatable bonds is 5. The fourth-order valence-electron chi connectivity index (χ4n) is 3.60. The molecule has 30 heavy (non-hydrogen) atoms. The van der Waals surface area contributed by atoms with Gasteiger partial charge < -0.3 is 10.3 Å². The molecule has 10 heteroatoms. The van der Waals surface area contributed by atoms with Gasteiger partial charge in [-0.25, -0.2) is 8.42 Å². The van der Waals surface area contributed by atoms with Crippen LogP contribution in [0.25, 0.3) is 10.9 Å². The number of H-pyrrole nitrogens is 1. The molecule has 1 aliphatic rings. The van der Waals surface area contributed by atoms with Crippen molar-refractivity contribution < 1.29 is 18.1 Å². The van der Waals surface area contributed by atoms with Crippen molar-refractivity contribution >= 4 is 38.2 Å². The maximum absolute atomic E-state index is 12.9. The van der Waals surface area contributed by atoms with Crippen molar-refractivity contribution in [1.29, 1.82) is 0 Å². The molecule has 0 spiro atoms. The van der Waals surface area contributed by atoms with Crippen LogP contribution in [0.3, 0.4) is 0 Å². The molecule has 1 aliphatic heterocycles. The zero-order valence-corrected chi connectivity index (χ0v) is 16.8. The number of amides is 1. The summed E-state index contributed by atoms with van der Waals surface area (Å²) in [5, 5.41) is 14.1. The molecule has 2 N–H and O–H groups in total. The van der Waals surface area contributed by atoms with E-state index in [9.17, 15) is 23.3 Å². The minimum Gasteiger partial charge on any atom is -0.360 e. The first-order valence-corrected chi connectivity index (χ1v) is 11.0. The van der Waals surface area contributed by atoms with Crippen LogP contribution in [0.5, 0.6) is 0 Å². The Kier molecular flexibility index (Phi) is 5.27. The van der Waals surface area contributed by atoms with Crippen LogP contribution in [-0.2, 0) is 10.0 Å². The number of nitrogens with one attached hydrogen (secondary N) is 2. The first kappa shape index (κ1) is 20.0. The van der Waals surface area contributed by atoms with Gasteiger partial charge in [0.25, 0.3) is 11.6 Å². The summed E-state index contributed by atoms with van der Waals surface area (Å²) in [4.78, 5) is 26.3. The number of aromatic nitrogens is 1. The van der Waals surface area contributed by atoms with Crippen molar-refractivity contribution in [3.05, 3.63) is 64.3 Å². The number of hydrogen-bond acceptors (Lipinski definition) is 5. The van der Waals surface area contributed by atoms with Gasteiger partial charge in [0.05, 0.1) is 15.4 Å². The fourth-order valence-corrected chi connectivity index (χ4v) is 5.16. The fraction of sp³-hybridized carbons (Fsp3) is 0.250. The third-order valence-corrected chi connectivity index (χ3v) is 7.06. The highest BCUT2D eigenvalue weighted by molar-refractivity contribution is 7.89. The number of hydrogen-bond donors (Lipinski definition) is 2. The molecule has 2 aromatic carbocycles. The summed E-state index contributed by atoms with van der Waals surface area (Å²) in [5.41, 5.74) is 1.04. The topological polar surface area (TPSA) is 125 Å². The number of aromatic amines is 1. The summed E-state index contributed by atoms with van der Waals surface area (Å²) in [6.07, 6.45) is 4.16. The lowest BCUT2D eigenvalue weighted by Crippen LogP contribution is -2.35. The number of nitro benzene ring substituents is 1. The van der Waals surface area contributed by atoms with Crippen molar-refractivity contribution in [3.8, 4) is 0 Å². The molecule has 0 bridgehead atoms. The maximum Gasteiger partial charge on any atom is 0.270 e. The van der Waals surface area contributed by atoms with Gasteiger partial charge in [0.15, 0.2) is 0 Å². The van der Waals surface area contributed by atoms with Crippen molar-refractivity contribution in [1.82, 2.24) is 9.29 Å². The van der Waals surface area contributed by atoms with Crippen molar-refractivity contribution in [2.24, 2.45) is 0 Å². The predicted octanol–water partition coefficient (Wildman–Crippen LogP) is 3.50. The Morgan fingerprint density at radius 3 is 2.60 bits per heavy atom. The molecule has 0 radical (unpaired) electrons. The van der Waals surface area contributed by atoms with Crippen LogP contribution in [-0.4, -0.2) is 41.6 Å². The normalized spacial score (nSPS) is 15.2. The van der Waals surface area contributed by atoms with Gasteiger partial charge >= 0.3 is 0 Å². The Hall–Kier alpha value is -3.24. The molecule has 1 amide bonds. The molecular formula is C20H20N4O5S. The van der Waals surface area contributed by atoms with Crippen LogP contribution in [0, 0.1) is 10.1 Å². The Balaban J connectivity index is 1.60. The molecule has 1 aromatic heterocycles. The van der Waals surface area contributed by atoms with Crippen molar-refractivity contribution in [2.45, 2.75) is 24.2 Å². The standard InChI is InChI=1S/C20H20N4O5S/c25-20(18-13-21-19-8-7-15(24(26)27)12-17(18)19)22-14-5-4-6-16(11-14)30(28,29)23-9-2-1-3-10-23/h4-8,11-13,21H,1-3,9-10H2,(H,22,25). The lowest BCUT2D eigenvalue weighted by molar-refractivity contribution is -0.384. The van der Waals surface area contributed by atoms with Crippen LogP contribution >= 0.6 is 0 Å². The van der Waals surface area contributed by atoms with Crippen molar-refractivity contribution in [2.75, 3.05) is 18.4 Å². The van der Waals surface area contributed by atoms with Crippen LogP contribution in [0.15, 0.2) is 53.6 Å². The second-order valence-corrected chi connectivity index (χ2v) is 9.07. The summed E-state index contributed by atoms with van der Waals surface area (Å²) >= 11 is 0. The minimum absolute atomic E-state index is 0.120. The average molecular weight is 428 g/mol. The SMILES string of the molecule is O=C(Nc1cccc(S(=O)(=O)N2CCCCC2)c1)c1c[nH]c2ccc([N+](=O)[O-])cc12. The van der Waals surface area contributed by atoms with E-state index >= 15 is 0 Å². The number of carbonyl (C=O) groups excluding carboxylic acids is 1. The minimum atomic E-state index is -3.62. The van der Waals surface area contributed by atoms with Crippen LogP contribution < -0.4 is 5.32 Å². The Morgan fingerprint density at radius 2 is 1.87 bits per heavy atom. The summed E-state index contributed by atoms with van der Waals surface area (Å²) in [6.45, 7) is 0.986. The highest BCUT2D eigenvalue weighted by Gasteiger charge is 2.26. The van der Waals surface area contributed by atoms with Crippen LogP contribution in [0.1, 0.15) is 29.6 Å². The number of nitrogens with zero attached hydrogens (tertiary/aromatic N) is 2. The molecule has 0 aliphatic carbocycles. The highest BCUT2D eigenvalue weighted by atomic mass is 32.2. The predicted molar refractivity (Wildman–Crippen MR) is 112 cm³/mol. The Bertz CT molecular complexity index is 1230. The summed E-state index contributed by atoms with van der Waals surface area (Å²) in [6, 6.07) is 10.3. The molecule has 9 nitrogen and oxygen atoms in total. The summed E-state index contributed by atoms with van der Waals surface area (Å²) in [7, 11) is -3.62. The maximum atomic E-state index is 12.9. The first-order valence-electron chi connectivity index (χ1n) is 9.53. The molecule has 0 atom stereocenters. The van der Waals surface area contributed by atoms with E-state index < -0.39 is 20.9 Å². The van der Waals surface area contributed by atoms with Crippen LogP contribution in [0.2, 0.25) is 0 Å². The Morgan fingerprint density at radius 1 is 1.10 bits per heavy atom. The second-order valence-electron chi connectivity index (χ2n) is 7.14. The van der Waals surface area contributed by atoms with Crippen molar-refractivity contribution in [3.63, 3.8) is 0 Å². The number of fused-ring (bicyclic) bond motifs is 1. The molecule has 0 unspecified atom stereocenters. The number of benzene rings is 2. The van der Waals surface area contributed by atoms with E-state index in [1.54, 1.807) is 12.1 Å². The number of carbonyl (C=O) groups is 1. The van der Waals surface area contributed by atoms with E-state index in [4.69, 9.17) is 0 Å². The first-order chi connectivity index (χ1) is 14.4. The molecule has 1 fully saturated rings. The number of nitro groups is 1. The van der Waals surface area contributed by atoms with E-state index in [0.717, 1.165) is 19.3 Å². The zero-order chi connectivity index (χ0) is 21.3. The van der Waals surface area contributed by atoms with Gasteiger partial charge in [0.1, 0.15) is 0 Å². The number of sulfonamides is 1. The van der Waals surface area contributed by atoms with Gasteiger partial charge in [-0.15, -0.1) is 0 Å². The molecule has 156 valence electrons. The van der Waals surface area contributed by atoms with E-state index in [0.29, 0.717) is 29.7 Å². The third kappa shape index (κ3) is 3.79. The molecule has 3 aromatic rings. The van der Waals surface area contributed by atoms with Gasteiger partial charge in [-0.05, 0) is 37.1 Å². The molecular weight excluding hydrogens is 408 g/mol. The molecule has 1 saturated heterocycles.